The highest BCUT2D eigenvalue weighted by molar-refractivity contribution is 5.85. The zero-order valence-corrected chi connectivity index (χ0v) is 14.5. The summed E-state index contributed by atoms with van der Waals surface area (Å²) in [4.78, 5) is 22.2. The number of unbranched alkanes of at least 4 members (excludes halogenated alkanes) is 3. The van der Waals surface area contributed by atoms with Gasteiger partial charge < -0.3 is 11.1 Å². The van der Waals surface area contributed by atoms with E-state index in [1.165, 1.54) is 12.1 Å². The van der Waals surface area contributed by atoms with E-state index in [1.807, 2.05) is 13.8 Å². The zero-order chi connectivity index (χ0) is 16.6. The van der Waals surface area contributed by atoms with Crippen molar-refractivity contribution in [3.8, 4) is 0 Å². The minimum atomic E-state index is -0.552. The molecule has 7 heteroatoms. The molecule has 6 nitrogen and oxygen atoms in total. The van der Waals surface area contributed by atoms with Crippen molar-refractivity contribution in [3.05, 3.63) is 39.9 Å². The van der Waals surface area contributed by atoms with Gasteiger partial charge in [0.05, 0.1) is 10.5 Å². The van der Waals surface area contributed by atoms with Crippen LogP contribution >= 0.6 is 12.4 Å². The van der Waals surface area contributed by atoms with Crippen LogP contribution in [0.3, 0.4) is 0 Å². The second kappa shape index (κ2) is 10.2. The Balaban J connectivity index is 0.00000484. The van der Waals surface area contributed by atoms with Crippen molar-refractivity contribution in [1.29, 1.82) is 0 Å². The number of nitrogens with zero attached hydrogens (tertiary/aromatic N) is 1. The van der Waals surface area contributed by atoms with Crippen molar-refractivity contribution in [2.24, 2.45) is 5.73 Å². The molecule has 0 radical (unpaired) electrons. The molecule has 0 bridgehead atoms. The van der Waals surface area contributed by atoms with Gasteiger partial charge >= 0.3 is 0 Å². The summed E-state index contributed by atoms with van der Waals surface area (Å²) in [6.45, 7) is 4.47. The Bertz CT molecular complexity index is 504. The number of carbonyl (C=O) groups excluding carboxylic acids is 1. The van der Waals surface area contributed by atoms with Gasteiger partial charge in [-0.1, -0.05) is 12.8 Å². The molecule has 0 aliphatic rings. The molecule has 0 aliphatic carbocycles. The second-order valence-electron chi connectivity index (χ2n) is 5.93. The van der Waals surface area contributed by atoms with Gasteiger partial charge in [-0.15, -0.1) is 12.4 Å². The Morgan fingerprint density at radius 1 is 1.17 bits per heavy atom. The molecule has 1 amide bonds. The summed E-state index contributed by atoms with van der Waals surface area (Å²) in [6, 6.07) is 6.27. The molecule has 0 atom stereocenters. The average molecular weight is 344 g/mol. The topological polar surface area (TPSA) is 98.3 Å². The van der Waals surface area contributed by atoms with E-state index >= 15 is 0 Å². The molecule has 0 aromatic heterocycles. The lowest BCUT2D eigenvalue weighted by molar-refractivity contribution is -0.384. The van der Waals surface area contributed by atoms with Crippen LogP contribution in [0.5, 0.6) is 0 Å². The van der Waals surface area contributed by atoms with Crippen LogP contribution < -0.4 is 11.1 Å². The summed E-state index contributed by atoms with van der Waals surface area (Å²) in [5.74, 6) is -0.00361. The Labute approximate surface area is 143 Å². The number of hydrogen-bond acceptors (Lipinski definition) is 4. The van der Waals surface area contributed by atoms with Crippen LogP contribution in [-0.2, 0) is 10.3 Å². The Hall–Kier alpha value is -1.66. The van der Waals surface area contributed by atoms with E-state index < -0.39 is 10.5 Å². The highest BCUT2D eigenvalue weighted by Gasteiger charge is 2.23. The number of non-ortho nitro benzene ring substituents is 1. The van der Waals surface area contributed by atoms with E-state index in [4.69, 9.17) is 5.73 Å². The first-order valence-electron chi connectivity index (χ1n) is 7.63. The SMILES string of the molecule is CC(C)(NC(=O)CCCCCCN)c1ccc([N+](=O)[O-])cc1.Cl. The van der Waals surface area contributed by atoms with Crippen molar-refractivity contribution in [1.82, 2.24) is 5.32 Å². The molecule has 0 spiro atoms. The lowest BCUT2D eigenvalue weighted by atomic mass is 9.93. The van der Waals surface area contributed by atoms with Crippen LogP contribution in [-0.4, -0.2) is 17.4 Å². The lowest BCUT2D eigenvalue weighted by Gasteiger charge is -2.27. The van der Waals surface area contributed by atoms with Gasteiger partial charge in [0.15, 0.2) is 0 Å². The highest BCUT2D eigenvalue weighted by atomic mass is 35.5. The van der Waals surface area contributed by atoms with Gasteiger partial charge in [0.25, 0.3) is 5.69 Å². The Morgan fingerprint density at radius 3 is 2.26 bits per heavy atom. The van der Waals surface area contributed by atoms with E-state index in [-0.39, 0.29) is 24.0 Å². The monoisotopic (exact) mass is 343 g/mol. The van der Waals surface area contributed by atoms with Gasteiger partial charge in [0.1, 0.15) is 0 Å². The summed E-state index contributed by atoms with van der Waals surface area (Å²) in [7, 11) is 0. The fourth-order valence-corrected chi connectivity index (χ4v) is 2.27. The minimum Gasteiger partial charge on any atom is -0.347 e. The van der Waals surface area contributed by atoms with Gasteiger partial charge in [-0.05, 0) is 50.9 Å². The predicted octanol–water partition coefficient (Wildman–Crippen LogP) is 3.28. The fourth-order valence-electron chi connectivity index (χ4n) is 2.27. The third-order valence-corrected chi connectivity index (χ3v) is 3.61. The van der Waals surface area contributed by atoms with Crippen molar-refractivity contribution in [3.63, 3.8) is 0 Å². The fraction of sp³-hybridized carbons (Fsp3) is 0.562. The molecule has 0 saturated heterocycles. The van der Waals surface area contributed by atoms with Gasteiger partial charge in [0, 0.05) is 18.6 Å². The molecule has 1 rings (SSSR count). The van der Waals surface area contributed by atoms with Crippen LogP contribution in [0.15, 0.2) is 24.3 Å². The first kappa shape index (κ1) is 21.3. The van der Waals surface area contributed by atoms with Crippen LogP contribution in [0, 0.1) is 10.1 Å². The number of hydrogen-bond donors (Lipinski definition) is 2. The third kappa shape index (κ3) is 7.43. The van der Waals surface area contributed by atoms with Crippen LogP contribution in [0.2, 0.25) is 0 Å². The number of halogens is 1. The van der Waals surface area contributed by atoms with E-state index in [2.05, 4.69) is 5.32 Å². The molecule has 0 saturated carbocycles. The number of nitro groups is 1. The smallest absolute Gasteiger partial charge is 0.269 e. The zero-order valence-electron chi connectivity index (χ0n) is 13.7. The second-order valence-corrected chi connectivity index (χ2v) is 5.93. The first-order chi connectivity index (χ1) is 10.4. The average Bonchev–Trinajstić information content (AvgIpc) is 2.46. The maximum Gasteiger partial charge on any atom is 0.269 e. The molecule has 0 fully saturated rings. The van der Waals surface area contributed by atoms with Crippen LogP contribution in [0.25, 0.3) is 0 Å². The molecular weight excluding hydrogens is 318 g/mol. The standard InChI is InChI=1S/C16H25N3O3.ClH/c1-16(2,13-8-10-14(11-9-13)19(21)22)18-15(20)7-5-3-4-6-12-17;/h8-11H,3-7,12,17H2,1-2H3,(H,18,20);1H. The lowest BCUT2D eigenvalue weighted by Crippen LogP contribution is -2.40. The van der Waals surface area contributed by atoms with Crippen LogP contribution in [0.1, 0.15) is 51.5 Å². The highest BCUT2D eigenvalue weighted by Crippen LogP contribution is 2.23. The van der Waals surface area contributed by atoms with Gasteiger partial charge in [0.2, 0.25) is 5.91 Å². The summed E-state index contributed by atoms with van der Waals surface area (Å²) >= 11 is 0. The number of nitrogens with two attached hydrogens (primary N) is 1. The molecule has 0 unspecified atom stereocenters. The van der Waals surface area contributed by atoms with Gasteiger partial charge in [-0.2, -0.15) is 0 Å². The number of nitro benzene ring substituents is 1. The quantitative estimate of drug-likeness (QED) is 0.408. The van der Waals surface area contributed by atoms with Crippen molar-refractivity contribution in [2.75, 3.05) is 6.54 Å². The van der Waals surface area contributed by atoms with Gasteiger partial charge in [-0.3, -0.25) is 14.9 Å². The normalized spacial score (nSPS) is 10.7. The molecule has 3 N–H and O–H groups in total. The maximum atomic E-state index is 12.0. The molecule has 130 valence electrons. The molecule has 23 heavy (non-hydrogen) atoms. The molecule has 1 aromatic rings. The van der Waals surface area contributed by atoms with E-state index in [9.17, 15) is 14.9 Å². The molecule has 1 aromatic carbocycles. The number of nitrogens with one attached hydrogen (secondary N) is 1. The van der Waals surface area contributed by atoms with E-state index in [0.717, 1.165) is 31.2 Å². The summed E-state index contributed by atoms with van der Waals surface area (Å²) in [5.41, 5.74) is 5.76. The first-order valence-corrected chi connectivity index (χ1v) is 7.63. The van der Waals surface area contributed by atoms with Crippen molar-refractivity contribution >= 4 is 24.0 Å². The minimum absolute atomic E-state index is 0. The molecular formula is C16H26ClN3O3. The van der Waals surface area contributed by atoms with Crippen molar-refractivity contribution < 1.29 is 9.72 Å². The Morgan fingerprint density at radius 2 is 1.74 bits per heavy atom. The van der Waals surface area contributed by atoms with E-state index in [0.29, 0.717) is 13.0 Å². The maximum absolute atomic E-state index is 12.0. The number of carbonyl (C=O) groups is 1. The summed E-state index contributed by atoms with van der Waals surface area (Å²) < 4.78 is 0. The molecule has 0 aliphatic heterocycles. The molecule has 0 heterocycles. The summed E-state index contributed by atoms with van der Waals surface area (Å²) in [6.07, 6.45) is 4.39. The number of amides is 1. The predicted molar refractivity (Wildman–Crippen MR) is 93.7 cm³/mol. The van der Waals surface area contributed by atoms with Crippen molar-refractivity contribution in [2.45, 2.75) is 51.5 Å². The number of rotatable bonds is 9. The third-order valence-electron chi connectivity index (χ3n) is 3.61. The summed E-state index contributed by atoms with van der Waals surface area (Å²) in [5, 5.41) is 13.6. The van der Waals surface area contributed by atoms with Gasteiger partial charge in [-0.25, -0.2) is 0 Å². The number of benzene rings is 1. The van der Waals surface area contributed by atoms with E-state index in [1.54, 1.807) is 12.1 Å². The van der Waals surface area contributed by atoms with Crippen LogP contribution in [0.4, 0.5) is 5.69 Å². The largest absolute Gasteiger partial charge is 0.347 e. The Kier molecular flexibility index (Phi) is 9.44.